The number of rotatable bonds is 1. The van der Waals surface area contributed by atoms with Crippen molar-refractivity contribution in [2.75, 3.05) is 13.1 Å². The molecule has 0 spiro atoms. The van der Waals surface area contributed by atoms with Gasteiger partial charge in [-0.2, -0.15) is 5.26 Å². The van der Waals surface area contributed by atoms with Gasteiger partial charge in [0.15, 0.2) is 6.19 Å². The fraction of sp³-hybridized carbons (Fsp3) is 0.286. The van der Waals surface area contributed by atoms with E-state index in [0.717, 1.165) is 16.7 Å². The third-order valence-electron chi connectivity index (χ3n) is 5.47. The van der Waals surface area contributed by atoms with Gasteiger partial charge in [-0.25, -0.2) is 4.39 Å². The SMILES string of the molecule is N#CN1CCC(C2(O)c3ccccc3C=Cc3ccc(F)cc32)CC1. The van der Waals surface area contributed by atoms with Crippen LogP contribution in [0.15, 0.2) is 42.5 Å². The van der Waals surface area contributed by atoms with Crippen LogP contribution >= 0.6 is 0 Å². The number of piperidine rings is 1. The van der Waals surface area contributed by atoms with Crippen LogP contribution in [0.1, 0.15) is 35.1 Å². The van der Waals surface area contributed by atoms with Crippen molar-refractivity contribution in [1.82, 2.24) is 4.90 Å². The van der Waals surface area contributed by atoms with Crippen LogP contribution in [0.5, 0.6) is 0 Å². The molecule has 1 heterocycles. The molecule has 1 atom stereocenters. The van der Waals surface area contributed by atoms with E-state index < -0.39 is 5.60 Å². The number of fused-ring (bicyclic) bond motifs is 2. The molecule has 126 valence electrons. The van der Waals surface area contributed by atoms with Crippen LogP contribution in [0.2, 0.25) is 0 Å². The second-order valence-corrected chi connectivity index (χ2v) is 6.78. The summed E-state index contributed by atoms with van der Waals surface area (Å²) in [4.78, 5) is 1.72. The minimum Gasteiger partial charge on any atom is -0.380 e. The first kappa shape index (κ1) is 15.9. The van der Waals surface area contributed by atoms with Crippen LogP contribution in [-0.2, 0) is 5.60 Å². The van der Waals surface area contributed by atoms with E-state index in [2.05, 4.69) is 6.19 Å². The molecule has 1 fully saturated rings. The maximum atomic E-state index is 14.0. The van der Waals surface area contributed by atoms with Crippen molar-refractivity contribution in [3.63, 3.8) is 0 Å². The van der Waals surface area contributed by atoms with Crippen LogP contribution in [0.4, 0.5) is 4.39 Å². The molecule has 2 aromatic rings. The Morgan fingerprint density at radius 3 is 2.44 bits per heavy atom. The van der Waals surface area contributed by atoms with Gasteiger partial charge in [-0.05, 0) is 53.1 Å². The molecule has 0 bridgehead atoms. The zero-order valence-corrected chi connectivity index (χ0v) is 13.8. The maximum Gasteiger partial charge on any atom is 0.179 e. The smallest absolute Gasteiger partial charge is 0.179 e. The van der Waals surface area contributed by atoms with Gasteiger partial charge in [0.2, 0.25) is 0 Å². The zero-order valence-electron chi connectivity index (χ0n) is 13.8. The Labute approximate surface area is 146 Å². The monoisotopic (exact) mass is 334 g/mol. The Kier molecular flexibility index (Phi) is 3.82. The number of benzene rings is 2. The normalized spacial score (nSPS) is 22.7. The summed E-state index contributed by atoms with van der Waals surface area (Å²) in [7, 11) is 0. The second-order valence-electron chi connectivity index (χ2n) is 6.78. The van der Waals surface area contributed by atoms with Crippen LogP contribution in [0.25, 0.3) is 12.2 Å². The fourth-order valence-corrected chi connectivity index (χ4v) is 4.16. The number of hydrogen-bond acceptors (Lipinski definition) is 3. The number of nitrogens with zero attached hydrogens (tertiary/aromatic N) is 2. The molecule has 4 rings (SSSR count). The lowest BCUT2D eigenvalue weighted by Crippen LogP contribution is -2.43. The molecule has 2 aliphatic rings. The Bertz CT molecular complexity index is 878. The van der Waals surface area contributed by atoms with Gasteiger partial charge in [0.1, 0.15) is 11.4 Å². The molecule has 1 unspecified atom stereocenters. The van der Waals surface area contributed by atoms with E-state index in [1.54, 1.807) is 11.0 Å². The minimum atomic E-state index is -1.26. The van der Waals surface area contributed by atoms with Crippen LogP contribution in [-0.4, -0.2) is 23.1 Å². The summed E-state index contributed by atoms with van der Waals surface area (Å²) in [6, 6.07) is 12.4. The van der Waals surface area contributed by atoms with Crippen molar-refractivity contribution in [3.05, 3.63) is 70.5 Å². The molecule has 0 radical (unpaired) electrons. The van der Waals surface area contributed by atoms with Gasteiger partial charge in [0.25, 0.3) is 0 Å². The van der Waals surface area contributed by atoms with Gasteiger partial charge in [-0.15, -0.1) is 0 Å². The highest BCUT2D eigenvalue weighted by Gasteiger charge is 2.44. The first-order valence-corrected chi connectivity index (χ1v) is 8.57. The van der Waals surface area contributed by atoms with Crippen molar-refractivity contribution >= 4 is 12.2 Å². The predicted molar refractivity (Wildman–Crippen MR) is 94.7 cm³/mol. The van der Waals surface area contributed by atoms with E-state index in [1.807, 2.05) is 36.4 Å². The van der Waals surface area contributed by atoms with Gasteiger partial charge in [0, 0.05) is 13.1 Å². The standard InChI is InChI=1S/C21H19FN2O/c22-18-8-7-16-6-5-15-3-1-2-4-19(15)21(25,20(16)13-18)17-9-11-24(14-23)12-10-17/h1-8,13,17,25H,9-12H2. The van der Waals surface area contributed by atoms with E-state index in [4.69, 9.17) is 5.26 Å². The molecule has 4 heteroatoms. The molecular formula is C21H19FN2O. The van der Waals surface area contributed by atoms with Crippen LogP contribution in [0, 0.1) is 23.2 Å². The molecule has 3 nitrogen and oxygen atoms in total. The van der Waals surface area contributed by atoms with Crippen molar-refractivity contribution in [2.45, 2.75) is 18.4 Å². The molecule has 1 aliphatic carbocycles. The molecule has 1 saturated heterocycles. The lowest BCUT2D eigenvalue weighted by Gasteiger charge is -2.42. The minimum absolute atomic E-state index is 0.0706. The largest absolute Gasteiger partial charge is 0.380 e. The summed E-state index contributed by atoms with van der Waals surface area (Å²) < 4.78 is 14.0. The van der Waals surface area contributed by atoms with Gasteiger partial charge in [0.05, 0.1) is 0 Å². The highest BCUT2D eigenvalue weighted by atomic mass is 19.1. The Balaban J connectivity index is 1.89. The molecule has 0 aromatic heterocycles. The number of halogens is 1. The van der Waals surface area contributed by atoms with Gasteiger partial charge in [-0.1, -0.05) is 42.5 Å². The summed E-state index contributed by atoms with van der Waals surface area (Å²) in [6.07, 6.45) is 7.48. The van der Waals surface area contributed by atoms with Crippen molar-refractivity contribution in [2.24, 2.45) is 5.92 Å². The fourth-order valence-electron chi connectivity index (χ4n) is 4.16. The number of aliphatic hydroxyl groups is 1. The Morgan fingerprint density at radius 1 is 1.04 bits per heavy atom. The van der Waals surface area contributed by atoms with Gasteiger partial charge in [-0.3, -0.25) is 0 Å². The van der Waals surface area contributed by atoms with E-state index in [0.29, 0.717) is 31.5 Å². The highest BCUT2D eigenvalue weighted by molar-refractivity contribution is 5.77. The number of hydrogen-bond donors (Lipinski definition) is 1. The van der Waals surface area contributed by atoms with Crippen LogP contribution < -0.4 is 0 Å². The van der Waals surface area contributed by atoms with Crippen molar-refractivity contribution in [1.29, 1.82) is 5.26 Å². The summed E-state index contributed by atoms with van der Waals surface area (Å²) in [5.74, 6) is -0.418. The van der Waals surface area contributed by atoms with Gasteiger partial charge >= 0.3 is 0 Å². The Hall–Kier alpha value is -2.64. The highest BCUT2D eigenvalue weighted by Crippen LogP contribution is 2.46. The zero-order chi connectivity index (χ0) is 17.4. The van der Waals surface area contributed by atoms with Crippen molar-refractivity contribution < 1.29 is 9.50 Å². The first-order chi connectivity index (χ1) is 12.1. The average Bonchev–Trinajstić information content (AvgIpc) is 2.78. The van der Waals surface area contributed by atoms with Gasteiger partial charge < -0.3 is 10.0 Å². The van der Waals surface area contributed by atoms with Crippen LogP contribution in [0.3, 0.4) is 0 Å². The lowest BCUT2D eigenvalue weighted by molar-refractivity contribution is -0.00812. The predicted octanol–water partition coefficient (Wildman–Crippen LogP) is 3.74. The topological polar surface area (TPSA) is 47.3 Å². The van der Waals surface area contributed by atoms with E-state index >= 15 is 0 Å². The average molecular weight is 334 g/mol. The Morgan fingerprint density at radius 2 is 1.72 bits per heavy atom. The number of likely N-dealkylation sites (tertiary alicyclic amines) is 1. The maximum absolute atomic E-state index is 14.0. The molecule has 1 aliphatic heterocycles. The molecular weight excluding hydrogens is 315 g/mol. The molecule has 25 heavy (non-hydrogen) atoms. The van der Waals surface area contributed by atoms with E-state index in [-0.39, 0.29) is 11.7 Å². The summed E-state index contributed by atoms with van der Waals surface area (Å²) in [5.41, 5.74) is 1.95. The third kappa shape index (κ3) is 2.52. The molecule has 0 amide bonds. The number of nitriles is 1. The van der Waals surface area contributed by atoms with Crippen molar-refractivity contribution in [3.8, 4) is 6.19 Å². The lowest BCUT2D eigenvalue weighted by atomic mass is 9.70. The quantitative estimate of drug-likeness (QED) is 0.808. The molecule has 2 aromatic carbocycles. The second kappa shape index (κ2) is 6.02. The molecule has 0 saturated carbocycles. The first-order valence-electron chi connectivity index (χ1n) is 8.57. The summed E-state index contributed by atoms with van der Waals surface area (Å²) in [5, 5.41) is 21.1. The third-order valence-corrected chi connectivity index (χ3v) is 5.47. The molecule has 1 N–H and O–H groups in total. The summed E-state index contributed by atoms with van der Waals surface area (Å²) in [6.45, 7) is 1.23. The van der Waals surface area contributed by atoms with E-state index in [1.165, 1.54) is 12.1 Å². The summed E-state index contributed by atoms with van der Waals surface area (Å²) >= 11 is 0. The van der Waals surface area contributed by atoms with E-state index in [9.17, 15) is 9.50 Å².